The predicted molar refractivity (Wildman–Crippen MR) is 90.6 cm³/mol. The molecule has 6 unspecified atom stereocenters. The van der Waals surface area contributed by atoms with E-state index in [0.717, 1.165) is 32.2 Å². The fourth-order valence-electron chi connectivity index (χ4n) is 6.94. The molecule has 5 heteroatoms. The maximum Gasteiger partial charge on any atom is 0.311 e. The quantitative estimate of drug-likeness (QED) is 0.776. The van der Waals surface area contributed by atoms with Gasteiger partial charge in [0.2, 0.25) is 0 Å². The van der Waals surface area contributed by atoms with Crippen LogP contribution in [0.3, 0.4) is 0 Å². The second-order valence-corrected chi connectivity index (χ2v) is 8.73. The van der Waals surface area contributed by atoms with Crippen LogP contribution in [0.5, 0.6) is 0 Å². The smallest absolute Gasteiger partial charge is 0.311 e. The minimum atomic E-state index is -0.315. The van der Waals surface area contributed by atoms with Crippen LogP contribution in [0.2, 0.25) is 0 Å². The standard InChI is InChI=1S/C20H24N2O3/c1-12-8-19(18(24)25-2)9-13-7-15-16(13)20(12,10-19)11-22(15)17(23)14-5-3-4-6-21-14/h3-6,12-13,15-16H,7-11H2,1-2H3. The molecule has 1 saturated heterocycles. The van der Waals surface area contributed by atoms with Gasteiger partial charge in [-0.25, -0.2) is 0 Å². The van der Waals surface area contributed by atoms with E-state index in [1.807, 2.05) is 12.1 Å². The van der Waals surface area contributed by atoms with E-state index in [4.69, 9.17) is 4.74 Å². The molecule has 3 saturated carbocycles. The number of hydrogen-bond acceptors (Lipinski definition) is 4. The molecule has 1 aromatic heterocycles. The molecular weight excluding hydrogens is 316 g/mol. The van der Waals surface area contributed by atoms with Crippen LogP contribution >= 0.6 is 0 Å². The molecule has 0 radical (unpaired) electrons. The number of ether oxygens (including phenoxy) is 1. The van der Waals surface area contributed by atoms with Gasteiger partial charge in [-0.05, 0) is 61.0 Å². The van der Waals surface area contributed by atoms with Gasteiger partial charge in [0.1, 0.15) is 5.69 Å². The topological polar surface area (TPSA) is 59.5 Å². The number of hydrogen-bond donors (Lipinski definition) is 0. The zero-order valence-corrected chi connectivity index (χ0v) is 14.8. The molecule has 5 rings (SSSR count). The van der Waals surface area contributed by atoms with Crippen LogP contribution in [0.15, 0.2) is 24.4 Å². The van der Waals surface area contributed by atoms with Crippen molar-refractivity contribution in [3.05, 3.63) is 30.1 Å². The summed E-state index contributed by atoms with van der Waals surface area (Å²) in [5.74, 6) is 1.58. The third-order valence-corrected chi connectivity index (χ3v) is 7.76. The average molecular weight is 340 g/mol. The van der Waals surface area contributed by atoms with Crippen molar-refractivity contribution in [2.75, 3.05) is 13.7 Å². The van der Waals surface area contributed by atoms with Gasteiger partial charge >= 0.3 is 5.97 Å². The number of esters is 1. The molecule has 25 heavy (non-hydrogen) atoms. The molecule has 132 valence electrons. The number of aromatic nitrogens is 1. The zero-order chi connectivity index (χ0) is 17.4. The van der Waals surface area contributed by atoms with Crippen LogP contribution in [0.1, 0.15) is 43.1 Å². The number of methoxy groups -OCH3 is 1. The minimum absolute atomic E-state index is 0.0346. The maximum atomic E-state index is 13.0. The Morgan fingerprint density at radius 1 is 1.32 bits per heavy atom. The number of likely N-dealkylation sites (tertiary alicyclic amines) is 1. The second-order valence-electron chi connectivity index (χ2n) is 8.73. The van der Waals surface area contributed by atoms with Gasteiger partial charge in [0.15, 0.2) is 0 Å². The molecular formula is C20H24N2O3. The summed E-state index contributed by atoms with van der Waals surface area (Å²) in [7, 11) is 1.51. The number of rotatable bonds is 2. The number of amides is 1. The molecule has 2 bridgehead atoms. The highest BCUT2D eigenvalue weighted by Gasteiger charge is 2.74. The predicted octanol–water partition coefficient (Wildman–Crippen LogP) is 2.52. The summed E-state index contributed by atoms with van der Waals surface area (Å²) in [5.41, 5.74) is 0.306. The first-order valence-electron chi connectivity index (χ1n) is 9.31. The molecule has 5 nitrogen and oxygen atoms in total. The lowest BCUT2D eigenvalue weighted by Crippen LogP contribution is -2.55. The summed E-state index contributed by atoms with van der Waals surface area (Å²) in [6.07, 6.45) is 5.44. The van der Waals surface area contributed by atoms with Gasteiger partial charge in [-0.1, -0.05) is 13.0 Å². The largest absolute Gasteiger partial charge is 0.469 e. The highest BCUT2D eigenvalue weighted by molar-refractivity contribution is 5.93. The fourth-order valence-corrected chi connectivity index (χ4v) is 6.94. The first-order valence-corrected chi connectivity index (χ1v) is 9.31. The molecule has 4 aliphatic rings. The molecule has 1 aliphatic heterocycles. The number of carbonyl (C=O) groups is 2. The summed E-state index contributed by atoms with van der Waals surface area (Å²) in [5, 5.41) is 0. The lowest BCUT2D eigenvalue weighted by atomic mass is 9.50. The van der Waals surface area contributed by atoms with Crippen molar-refractivity contribution in [3.8, 4) is 0 Å². The zero-order valence-electron chi connectivity index (χ0n) is 14.8. The van der Waals surface area contributed by atoms with Crippen molar-refractivity contribution in [3.63, 3.8) is 0 Å². The van der Waals surface area contributed by atoms with Crippen LogP contribution in [0.4, 0.5) is 0 Å². The van der Waals surface area contributed by atoms with Gasteiger partial charge in [0.25, 0.3) is 5.91 Å². The first kappa shape index (κ1) is 15.4. The normalized spacial score (nSPS) is 43.4. The maximum absolute atomic E-state index is 13.0. The summed E-state index contributed by atoms with van der Waals surface area (Å²) in [6.45, 7) is 3.05. The van der Waals surface area contributed by atoms with Gasteiger partial charge in [-0.15, -0.1) is 0 Å². The molecule has 0 N–H and O–H groups in total. The van der Waals surface area contributed by atoms with E-state index >= 15 is 0 Å². The lowest BCUT2D eigenvalue weighted by Gasteiger charge is -2.54. The number of carbonyl (C=O) groups excluding carboxylic acids is 2. The SMILES string of the molecule is COC(=O)C12CC3CC4C3C(CN4C(=O)c3ccccn3)(C1)C(C)C2. The van der Waals surface area contributed by atoms with Gasteiger partial charge in [0.05, 0.1) is 12.5 Å². The Balaban J connectivity index is 1.50. The Hall–Kier alpha value is -1.91. The van der Waals surface area contributed by atoms with Crippen molar-refractivity contribution >= 4 is 11.9 Å². The number of pyridine rings is 1. The monoisotopic (exact) mass is 340 g/mol. The van der Waals surface area contributed by atoms with Gasteiger partial charge in [0, 0.05) is 18.8 Å². The Morgan fingerprint density at radius 2 is 2.16 bits per heavy atom. The van der Waals surface area contributed by atoms with E-state index in [1.165, 1.54) is 7.11 Å². The molecule has 1 spiro atoms. The molecule has 0 aromatic carbocycles. The lowest BCUT2D eigenvalue weighted by molar-refractivity contribution is -0.159. The minimum Gasteiger partial charge on any atom is -0.469 e. The second kappa shape index (κ2) is 4.83. The van der Waals surface area contributed by atoms with E-state index in [1.54, 1.807) is 12.3 Å². The summed E-state index contributed by atoms with van der Waals surface area (Å²) in [6, 6.07) is 5.83. The van der Waals surface area contributed by atoms with E-state index < -0.39 is 0 Å². The van der Waals surface area contributed by atoms with Gasteiger partial charge < -0.3 is 9.64 Å². The number of fused-ring (bicyclic) bond motifs is 1. The Labute approximate surface area is 147 Å². The van der Waals surface area contributed by atoms with E-state index in [0.29, 0.717) is 29.5 Å². The third kappa shape index (κ3) is 1.76. The Bertz CT molecular complexity index is 747. The highest BCUT2D eigenvalue weighted by atomic mass is 16.5. The van der Waals surface area contributed by atoms with Crippen LogP contribution in [0.25, 0.3) is 0 Å². The van der Waals surface area contributed by atoms with Crippen LogP contribution in [-0.2, 0) is 9.53 Å². The number of nitrogens with zero attached hydrogens (tertiary/aromatic N) is 2. The van der Waals surface area contributed by atoms with E-state index in [-0.39, 0.29) is 22.7 Å². The Morgan fingerprint density at radius 3 is 2.88 bits per heavy atom. The van der Waals surface area contributed by atoms with Crippen molar-refractivity contribution in [2.45, 2.75) is 38.6 Å². The highest BCUT2D eigenvalue weighted by Crippen LogP contribution is 2.73. The van der Waals surface area contributed by atoms with Crippen molar-refractivity contribution in [2.24, 2.45) is 28.6 Å². The van der Waals surface area contributed by atoms with Gasteiger partial charge in [-0.3, -0.25) is 14.6 Å². The Kier molecular flexibility index (Phi) is 2.97. The average Bonchev–Trinajstić information content (AvgIpc) is 3.04. The van der Waals surface area contributed by atoms with Crippen LogP contribution in [0, 0.1) is 28.6 Å². The van der Waals surface area contributed by atoms with E-state index in [9.17, 15) is 9.59 Å². The van der Waals surface area contributed by atoms with Crippen molar-refractivity contribution < 1.29 is 14.3 Å². The summed E-state index contributed by atoms with van der Waals surface area (Å²) in [4.78, 5) is 31.9. The fraction of sp³-hybridized carbons (Fsp3) is 0.650. The summed E-state index contributed by atoms with van der Waals surface area (Å²) < 4.78 is 5.18. The van der Waals surface area contributed by atoms with Crippen LogP contribution in [-0.4, -0.2) is 41.5 Å². The third-order valence-electron chi connectivity index (χ3n) is 7.76. The first-order chi connectivity index (χ1) is 12.0. The molecule has 3 aliphatic carbocycles. The molecule has 1 aromatic rings. The van der Waals surface area contributed by atoms with Crippen molar-refractivity contribution in [1.82, 2.24) is 9.88 Å². The van der Waals surface area contributed by atoms with E-state index in [2.05, 4.69) is 16.8 Å². The van der Waals surface area contributed by atoms with Crippen molar-refractivity contribution in [1.29, 1.82) is 0 Å². The molecule has 1 amide bonds. The van der Waals surface area contributed by atoms with Gasteiger partial charge in [-0.2, -0.15) is 0 Å². The summed E-state index contributed by atoms with van der Waals surface area (Å²) >= 11 is 0. The molecule has 2 heterocycles. The molecule has 6 atom stereocenters. The van der Waals surface area contributed by atoms with Crippen LogP contribution < -0.4 is 0 Å². The molecule has 4 fully saturated rings.